The summed E-state index contributed by atoms with van der Waals surface area (Å²) in [6, 6.07) is 0. The summed E-state index contributed by atoms with van der Waals surface area (Å²) in [7, 11) is 1.52. The average molecular weight is 173 g/mol. The molecule has 0 radical (unpaired) electrons. The quantitative estimate of drug-likeness (QED) is 0.574. The van der Waals surface area contributed by atoms with Crippen molar-refractivity contribution in [1.29, 1.82) is 0 Å². The second kappa shape index (κ2) is 3.53. The van der Waals surface area contributed by atoms with Crippen molar-refractivity contribution in [1.82, 2.24) is 5.32 Å². The van der Waals surface area contributed by atoms with E-state index in [9.17, 15) is 9.59 Å². The van der Waals surface area contributed by atoms with Gasteiger partial charge in [0.25, 0.3) is 0 Å². The molecule has 2 N–H and O–H groups in total. The topological polar surface area (TPSA) is 75.6 Å². The zero-order valence-electron chi connectivity index (χ0n) is 6.74. The first-order chi connectivity index (χ1) is 5.65. The van der Waals surface area contributed by atoms with Gasteiger partial charge in [0.2, 0.25) is 5.91 Å². The van der Waals surface area contributed by atoms with Crippen LogP contribution in [0.15, 0.2) is 0 Å². The Bertz CT molecular complexity index is 204. The number of ether oxygens (including phenoxy) is 1. The Hall–Kier alpha value is -1.10. The first kappa shape index (κ1) is 8.99. The molecule has 0 aliphatic carbocycles. The fourth-order valence-corrected chi connectivity index (χ4v) is 1.19. The van der Waals surface area contributed by atoms with Gasteiger partial charge in [-0.3, -0.25) is 4.79 Å². The lowest BCUT2D eigenvalue weighted by atomic mass is 10.1. The average Bonchev–Trinajstić information content (AvgIpc) is 2.51. The number of nitrogens with one attached hydrogen (secondary N) is 1. The molecule has 68 valence electrons. The number of carbonyl (C=O) groups is 2. The minimum absolute atomic E-state index is 0.154. The van der Waals surface area contributed by atoms with Gasteiger partial charge in [0, 0.05) is 7.05 Å². The van der Waals surface area contributed by atoms with Crippen LogP contribution in [0.1, 0.15) is 6.42 Å². The summed E-state index contributed by atoms with van der Waals surface area (Å²) in [5.74, 6) is -1.46. The predicted molar refractivity (Wildman–Crippen MR) is 39.5 cm³/mol. The Labute approximate surface area is 69.7 Å². The summed E-state index contributed by atoms with van der Waals surface area (Å²) in [5.41, 5.74) is 0. The van der Waals surface area contributed by atoms with E-state index in [1.54, 1.807) is 0 Å². The number of rotatable bonds is 2. The van der Waals surface area contributed by atoms with Gasteiger partial charge in [-0.2, -0.15) is 0 Å². The van der Waals surface area contributed by atoms with E-state index in [0.29, 0.717) is 0 Å². The monoisotopic (exact) mass is 173 g/mol. The first-order valence-electron chi connectivity index (χ1n) is 3.71. The normalized spacial score (nSPS) is 28.4. The van der Waals surface area contributed by atoms with Crippen molar-refractivity contribution in [2.75, 3.05) is 13.7 Å². The Kier molecular flexibility index (Phi) is 2.65. The standard InChI is InChI=1S/C7H11NO4/c1-8-6(9)4-2-5(7(10)11)12-3-4/h4-5H,2-3H2,1H3,(H,8,9)(H,10,11)/t4-,5-/m1/s1. The fourth-order valence-electron chi connectivity index (χ4n) is 1.19. The van der Waals surface area contributed by atoms with Gasteiger partial charge in [-0.25, -0.2) is 4.79 Å². The highest BCUT2D eigenvalue weighted by Gasteiger charge is 2.34. The van der Waals surface area contributed by atoms with Crippen LogP contribution in [-0.2, 0) is 14.3 Å². The van der Waals surface area contributed by atoms with Crippen LogP contribution in [0.25, 0.3) is 0 Å². The second-order valence-corrected chi connectivity index (χ2v) is 2.71. The van der Waals surface area contributed by atoms with Crippen LogP contribution >= 0.6 is 0 Å². The fraction of sp³-hybridized carbons (Fsp3) is 0.714. The number of amides is 1. The van der Waals surface area contributed by atoms with Crippen LogP contribution in [0.2, 0.25) is 0 Å². The summed E-state index contributed by atoms with van der Waals surface area (Å²) in [5, 5.41) is 11.0. The Morgan fingerprint density at radius 2 is 2.25 bits per heavy atom. The summed E-state index contributed by atoms with van der Waals surface area (Å²) in [4.78, 5) is 21.4. The Morgan fingerprint density at radius 3 is 2.67 bits per heavy atom. The van der Waals surface area contributed by atoms with E-state index in [2.05, 4.69) is 5.32 Å². The van der Waals surface area contributed by atoms with Crippen LogP contribution in [0, 0.1) is 5.92 Å². The molecular formula is C7H11NO4. The van der Waals surface area contributed by atoms with Gasteiger partial charge in [0.15, 0.2) is 6.10 Å². The van der Waals surface area contributed by atoms with E-state index in [1.165, 1.54) is 7.05 Å². The van der Waals surface area contributed by atoms with Gasteiger partial charge >= 0.3 is 5.97 Å². The van der Waals surface area contributed by atoms with E-state index >= 15 is 0 Å². The molecular weight excluding hydrogens is 162 g/mol. The van der Waals surface area contributed by atoms with Crippen LogP contribution in [0.4, 0.5) is 0 Å². The molecule has 5 nitrogen and oxygen atoms in total. The molecule has 0 aromatic carbocycles. The highest BCUT2D eigenvalue weighted by atomic mass is 16.5. The molecule has 1 aliphatic rings. The number of carbonyl (C=O) groups excluding carboxylic acids is 1. The van der Waals surface area contributed by atoms with Crippen molar-refractivity contribution < 1.29 is 19.4 Å². The number of aliphatic carboxylic acids is 1. The molecule has 1 saturated heterocycles. The minimum Gasteiger partial charge on any atom is -0.479 e. The maximum atomic E-state index is 11.0. The third kappa shape index (κ3) is 1.73. The Balaban J connectivity index is 2.45. The van der Waals surface area contributed by atoms with E-state index in [1.807, 2.05) is 0 Å². The van der Waals surface area contributed by atoms with E-state index < -0.39 is 12.1 Å². The van der Waals surface area contributed by atoms with Gasteiger partial charge in [-0.05, 0) is 6.42 Å². The lowest BCUT2D eigenvalue weighted by molar-refractivity contribution is -0.147. The number of carboxylic acids is 1. The smallest absolute Gasteiger partial charge is 0.332 e. The van der Waals surface area contributed by atoms with Crippen LogP contribution in [-0.4, -0.2) is 36.7 Å². The second-order valence-electron chi connectivity index (χ2n) is 2.71. The maximum Gasteiger partial charge on any atom is 0.332 e. The zero-order valence-corrected chi connectivity index (χ0v) is 6.74. The van der Waals surface area contributed by atoms with Crippen LogP contribution in [0.3, 0.4) is 0 Å². The largest absolute Gasteiger partial charge is 0.479 e. The third-order valence-corrected chi connectivity index (χ3v) is 1.89. The molecule has 1 aliphatic heterocycles. The molecule has 0 saturated carbocycles. The lowest BCUT2D eigenvalue weighted by Gasteiger charge is -2.03. The molecule has 1 amide bonds. The van der Waals surface area contributed by atoms with Gasteiger partial charge in [-0.1, -0.05) is 0 Å². The number of hydrogen-bond acceptors (Lipinski definition) is 3. The van der Waals surface area contributed by atoms with Crippen molar-refractivity contribution in [2.24, 2.45) is 5.92 Å². The van der Waals surface area contributed by atoms with Crippen LogP contribution < -0.4 is 5.32 Å². The molecule has 1 rings (SSSR count). The molecule has 0 unspecified atom stereocenters. The highest BCUT2D eigenvalue weighted by molar-refractivity contribution is 5.81. The molecule has 2 atom stereocenters. The summed E-state index contributed by atoms with van der Waals surface area (Å²) in [6.45, 7) is 0.205. The zero-order chi connectivity index (χ0) is 9.14. The maximum absolute atomic E-state index is 11.0. The third-order valence-electron chi connectivity index (χ3n) is 1.89. The molecule has 1 heterocycles. The van der Waals surface area contributed by atoms with E-state index in [4.69, 9.17) is 9.84 Å². The molecule has 0 spiro atoms. The van der Waals surface area contributed by atoms with Gasteiger partial charge in [0.05, 0.1) is 12.5 Å². The highest BCUT2D eigenvalue weighted by Crippen LogP contribution is 2.19. The molecule has 12 heavy (non-hydrogen) atoms. The molecule has 0 bridgehead atoms. The van der Waals surface area contributed by atoms with Crippen molar-refractivity contribution in [3.63, 3.8) is 0 Å². The van der Waals surface area contributed by atoms with Crippen molar-refractivity contribution >= 4 is 11.9 Å². The van der Waals surface area contributed by atoms with Crippen molar-refractivity contribution in [3.05, 3.63) is 0 Å². The minimum atomic E-state index is -0.999. The van der Waals surface area contributed by atoms with Crippen molar-refractivity contribution in [3.8, 4) is 0 Å². The van der Waals surface area contributed by atoms with E-state index in [0.717, 1.165) is 0 Å². The molecule has 0 aromatic heterocycles. The predicted octanol–water partition coefficient (Wildman–Crippen LogP) is -0.778. The first-order valence-corrected chi connectivity index (χ1v) is 3.71. The number of carboxylic acid groups (broad SMARTS) is 1. The lowest BCUT2D eigenvalue weighted by Crippen LogP contribution is -2.28. The summed E-state index contributed by atoms with van der Waals surface area (Å²) >= 11 is 0. The molecule has 0 aromatic rings. The van der Waals surface area contributed by atoms with Gasteiger partial charge in [0.1, 0.15) is 0 Å². The Morgan fingerprint density at radius 1 is 1.58 bits per heavy atom. The van der Waals surface area contributed by atoms with E-state index in [-0.39, 0.29) is 24.9 Å². The number of hydrogen-bond donors (Lipinski definition) is 2. The summed E-state index contributed by atoms with van der Waals surface area (Å²) in [6.07, 6.45) is -0.540. The van der Waals surface area contributed by atoms with Crippen LogP contribution in [0.5, 0.6) is 0 Å². The van der Waals surface area contributed by atoms with Gasteiger partial charge < -0.3 is 15.2 Å². The van der Waals surface area contributed by atoms with Gasteiger partial charge in [-0.15, -0.1) is 0 Å². The molecule has 5 heteroatoms. The SMILES string of the molecule is CNC(=O)[C@H]1CO[C@@H](C(=O)O)C1. The van der Waals surface area contributed by atoms with Crippen molar-refractivity contribution in [2.45, 2.75) is 12.5 Å². The summed E-state index contributed by atoms with van der Waals surface area (Å²) < 4.78 is 4.89. The molecule has 1 fully saturated rings.